The van der Waals surface area contributed by atoms with Crippen LogP contribution >= 0.6 is 11.3 Å². The van der Waals surface area contributed by atoms with Gasteiger partial charge in [-0.2, -0.15) is 0 Å². The van der Waals surface area contributed by atoms with Gasteiger partial charge in [0.2, 0.25) is 11.8 Å². The number of carbonyl (C=O) groups is 2. The summed E-state index contributed by atoms with van der Waals surface area (Å²) < 4.78 is 5.48. The van der Waals surface area contributed by atoms with Crippen molar-refractivity contribution in [1.29, 1.82) is 0 Å². The van der Waals surface area contributed by atoms with Gasteiger partial charge in [0.05, 0.1) is 13.0 Å². The molecule has 0 aliphatic carbocycles. The van der Waals surface area contributed by atoms with Crippen LogP contribution in [0.3, 0.4) is 0 Å². The van der Waals surface area contributed by atoms with Crippen LogP contribution < -0.4 is 9.64 Å². The summed E-state index contributed by atoms with van der Waals surface area (Å²) in [6.45, 7) is 1.89. The number of carbonyl (C=O) groups excluding carboxylic acids is 2. The quantitative estimate of drug-likeness (QED) is 0.812. The highest BCUT2D eigenvalue weighted by Gasteiger charge is 2.39. The van der Waals surface area contributed by atoms with Gasteiger partial charge in [-0.05, 0) is 30.4 Å². The predicted octanol–water partition coefficient (Wildman–Crippen LogP) is 2.91. The molecule has 3 heterocycles. The van der Waals surface area contributed by atoms with Gasteiger partial charge in [-0.1, -0.05) is 18.2 Å². The van der Waals surface area contributed by atoms with Gasteiger partial charge in [-0.15, -0.1) is 11.3 Å². The lowest BCUT2D eigenvalue weighted by atomic mass is 9.88. The smallest absolute Gasteiger partial charge is 0.229 e. The molecule has 1 aromatic carbocycles. The Morgan fingerprint density at radius 1 is 1.26 bits per heavy atom. The molecule has 4 rings (SSSR count). The SMILES string of the molecule is COc1ccccc1C1CCN(C(=O)C2CC(=O)N(c3nccs3)C2)CC1. The maximum Gasteiger partial charge on any atom is 0.229 e. The van der Waals surface area contributed by atoms with Crippen LogP contribution in [-0.4, -0.2) is 48.4 Å². The highest BCUT2D eigenvalue weighted by atomic mass is 32.1. The Kier molecular flexibility index (Phi) is 5.11. The number of methoxy groups -OCH3 is 1. The second kappa shape index (κ2) is 7.68. The lowest BCUT2D eigenvalue weighted by molar-refractivity contribution is -0.136. The van der Waals surface area contributed by atoms with Crippen molar-refractivity contribution in [3.8, 4) is 5.75 Å². The molecule has 2 amide bonds. The number of aromatic nitrogens is 1. The lowest BCUT2D eigenvalue weighted by Crippen LogP contribution is -2.42. The van der Waals surface area contributed by atoms with E-state index in [1.54, 1.807) is 18.2 Å². The molecule has 0 bridgehead atoms. The summed E-state index contributed by atoms with van der Waals surface area (Å²) in [4.78, 5) is 33.0. The minimum absolute atomic E-state index is 0.00721. The van der Waals surface area contributed by atoms with Crippen LogP contribution in [0, 0.1) is 5.92 Å². The molecule has 1 aromatic heterocycles. The largest absolute Gasteiger partial charge is 0.496 e. The van der Waals surface area contributed by atoms with Gasteiger partial charge in [0.15, 0.2) is 5.13 Å². The average molecular weight is 385 g/mol. The van der Waals surface area contributed by atoms with Crippen molar-refractivity contribution in [1.82, 2.24) is 9.88 Å². The van der Waals surface area contributed by atoms with Crippen LogP contribution in [0.4, 0.5) is 5.13 Å². The van der Waals surface area contributed by atoms with Gasteiger partial charge in [-0.3, -0.25) is 14.5 Å². The van der Waals surface area contributed by atoms with Crippen LogP contribution in [0.15, 0.2) is 35.8 Å². The maximum atomic E-state index is 12.9. The first kappa shape index (κ1) is 18.0. The van der Waals surface area contributed by atoms with Crippen LogP contribution in [0.5, 0.6) is 5.75 Å². The molecule has 2 aliphatic rings. The van der Waals surface area contributed by atoms with Gasteiger partial charge >= 0.3 is 0 Å². The minimum Gasteiger partial charge on any atom is -0.496 e. The van der Waals surface area contributed by atoms with E-state index in [0.29, 0.717) is 17.6 Å². The van der Waals surface area contributed by atoms with Crippen molar-refractivity contribution in [3.05, 3.63) is 41.4 Å². The number of para-hydroxylation sites is 1. The summed E-state index contributed by atoms with van der Waals surface area (Å²) in [6, 6.07) is 8.12. The Morgan fingerprint density at radius 3 is 2.74 bits per heavy atom. The molecule has 1 unspecified atom stereocenters. The van der Waals surface area contributed by atoms with E-state index >= 15 is 0 Å². The van der Waals surface area contributed by atoms with E-state index in [2.05, 4.69) is 11.1 Å². The Morgan fingerprint density at radius 2 is 2.04 bits per heavy atom. The van der Waals surface area contributed by atoms with Crippen molar-refractivity contribution >= 4 is 28.3 Å². The van der Waals surface area contributed by atoms with Gasteiger partial charge in [0.25, 0.3) is 0 Å². The molecule has 2 aliphatic heterocycles. The van der Waals surface area contributed by atoms with E-state index in [-0.39, 0.29) is 24.2 Å². The Bertz CT molecular complexity index is 816. The first-order chi connectivity index (χ1) is 13.2. The fourth-order valence-electron chi connectivity index (χ4n) is 4.08. The first-order valence-corrected chi connectivity index (χ1v) is 10.2. The number of thiazole rings is 1. The topological polar surface area (TPSA) is 62.7 Å². The molecule has 6 nitrogen and oxygen atoms in total. The predicted molar refractivity (Wildman–Crippen MR) is 104 cm³/mol. The fourth-order valence-corrected chi connectivity index (χ4v) is 4.75. The van der Waals surface area contributed by atoms with Gasteiger partial charge < -0.3 is 9.64 Å². The second-order valence-electron chi connectivity index (χ2n) is 7.06. The Balaban J connectivity index is 1.37. The van der Waals surface area contributed by atoms with E-state index < -0.39 is 0 Å². The summed E-state index contributed by atoms with van der Waals surface area (Å²) in [5.41, 5.74) is 1.22. The normalized spacial score (nSPS) is 20.9. The van der Waals surface area contributed by atoms with Crippen molar-refractivity contribution in [2.45, 2.75) is 25.2 Å². The first-order valence-electron chi connectivity index (χ1n) is 9.29. The zero-order valence-corrected chi connectivity index (χ0v) is 16.2. The lowest BCUT2D eigenvalue weighted by Gasteiger charge is -2.34. The van der Waals surface area contributed by atoms with Gasteiger partial charge in [0.1, 0.15) is 5.75 Å². The summed E-state index contributed by atoms with van der Waals surface area (Å²) in [5, 5.41) is 2.53. The number of rotatable bonds is 4. The molecule has 1 atom stereocenters. The number of hydrogen-bond donors (Lipinski definition) is 0. The number of piperidine rings is 1. The van der Waals surface area contributed by atoms with Crippen molar-refractivity contribution < 1.29 is 14.3 Å². The standard InChI is InChI=1S/C20H23N3O3S/c1-26-17-5-3-2-4-16(17)14-6-9-22(10-7-14)19(25)15-12-18(24)23(13-15)20-21-8-11-27-20/h2-5,8,11,14-15H,6-7,9-10,12-13H2,1H3. The molecule has 2 fully saturated rings. The molecular formula is C20H23N3O3S. The summed E-state index contributed by atoms with van der Waals surface area (Å²) in [5.74, 6) is 1.15. The number of amides is 2. The van der Waals surface area contributed by atoms with Crippen molar-refractivity contribution in [3.63, 3.8) is 0 Å². The number of ether oxygens (including phenoxy) is 1. The molecular weight excluding hydrogens is 362 g/mol. The summed E-state index contributed by atoms with van der Waals surface area (Å²) >= 11 is 1.43. The molecule has 142 valence electrons. The monoisotopic (exact) mass is 385 g/mol. The highest BCUT2D eigenvalue weighted by Crippen LogP contribution is 2.35. The number of benzene rings is 1. The van der Waals surface area contributed by atoms with Crippen molar-refractivity contribution in [2.75, 3.05) is 31.6 Å². The van der Waals surface area contributed by atoms with E-state index in [1.165, 1.54) is 16.9 Å². The van der Waals surface area contributed by atoms with Gasteiger partial charge in [-0.25, -0.2) is 4.98 Å². The number of likely N-dealkylation sites (tertiary alicyclic amines) is 1. The average Bonchev–Trinajstić information content (AvgIpc) is 3.37. The fraction of sp³-hybridized carbons (Fsp3) is 0.450. The van der Waals surface area contributed by atoms with Crippen LogP contribution in [-0.2, 0) is 9.59 Å². The Hall–Kier alpha value is -2.41. The molecule has 0 N–H and O–H groups in total. The number of anilines is 1. The summed E-state index contributed by atoms with van der Waals surface area (Å²) in [7, 11) is 1.70. The molecule has 7 heteroatoms. The molecule has 2 aromatic rings. The zero-order chi connectivity index (χ0) is 18.8. The van der Waals surface area contributed by atoms with Crippen LogP contribution in [0.2, 0.25) is 0 Å². The third-order valence-electron chi connectivity index (χ3n) is 5.51. The molecule has 0 spiro atoms. The molecule has 0 saturated carbocycles. The van der Waals surface area contributed by atoms with Crippen LogP contribution in [0.25, 0.3) is 0 Å². The van der Waals surface area contributed by atoms with Crippen molar-refractivity contribution in [2.24, 2.45) is 5.92 Å². The van der Waals surface area contributed by atoms with E-state index in [9.17, 15) is 9.59 Å². The number of nitrogens with zero attached hydrogens (tertiary/aromatic N) is 3. The maximum absolute atomic E-state index is 12.9. The van der Waals surface area contributed by atoms with E-state index in [4.69, 9.17) is 4.74 Å². The van der Waals surface area contributed by atoms with Gasteiger partial charge in [0, 0.05) is 37.6 Å². The number of hydrogen-bond acceptors (Lipinski definition) is 5. The highest BCUT2D eigenvalue weighted by molar-refractivity contribution is 7.13. The molecule has 0 radical (unpaired) electrons. The third kappa shape index (κ3) is 3.56. The Labute approximate surface area is 162 Å². The summed E-state index contributed by atoms with van der Waals surface area (Å²) in [6.07, 6.45) is 3.81. The van der Waals surface area contributed by atoms with Crippen LogP contribution in [0.1, 0.15) is 30.7 Å². The zero-order valence-electron chi connectivity index (χ0n) is 15.3. The third-order valence-corrected chi connectivity index (χ3v) is 6.30. The molecule has 2 saturated heterocycles. The minimum atomic E-state index is -0.260. The van der Waals surface area contributed by atoms with E-state index in [0.717, 1.165) is 31.7 Å². The molecule has 27 heavy (non-hydrogen) atoms. The van der Waals surface area contributed by atoms with E-state index in [1.807, 2.05) is 28.5 Å². The second-order valence-corrected chi connectivity index (χ2v) is 7.93.